The van der Waals surface area contributed by atoms with Gasteiger partial charge in [0, 0.05) is 24.7 Å². The molecule has 0 saturated heterocycles. The van der Waals surface area contributed by atoms with E-state index in [1.165, 1.54) is 35.7 Å². The Labute approximate surface area is 211 Å². The highest BCUT2D eigenvalue weighted by Gasteiger charge is 2.24. The van der Waals surface area contributed by atoms with Crippen LogP contribution in [0, 0.1) is 0 Å². The fraction of sp³-hybridized carbons (Fsp3) is 0.400. The molecule has 2 aromatic carbocycles. The van der Waals surface area contributed by atoms with Crippen LogP contribution in [0.2, 0.25) is 0 Å². The average Bonchev–Trinajstić information content (AvgIpc) is 3.36. The standard InChI is InChI=1S/C25H32N4O6S/c1-5-7-15-29(16-8-6-2)36(31,32)20-12-9-18(10-13-20)23(30)26-25-28-27-24(35-25)21-14-11-19(33-3)17-22(21)34-4/h9-14,17H,5-8,15-16H2,1-4H3,(H,26,28,30). The summed E-state index contributed by atoms with van der Waals surface area (Å²) in [6.45, 7) is 4.99. The average molecular weight is 517 g/mol. The first kappa shape index (κ1) is 27.2. The van der Waals surface area contributed by atoms with Gasteiger partial charge in [-0.2, -0.15) is 4.31 Å². The zero-order valence-electron chi connectivity index (χ0n) is 21.0. The quantitative estimate of drug-likeness (QED) is 0.350. The van der Waals surface area contributed by atoms with Crippen LogP contribution in [-0.4, -0.2) is 56.1 Å². The lowest BCUT2D eigenvalue weighted by Gasteiger charge is -2.22. The van der Waals surface area contributed by atoms with Crippen LogP contribution >= 0.6 is 0 Å². The van der Waals surface area contributed by atoms with Crippen LogP contribution in [0.25, 0.3) is 11.5 Å². The molecule has 11 heteroatoms. The molecule has 0 aliphatic carbocycles. The first-order chi connectivity index (χ1) is 17.3. The summed E-state index contributed by atoms with van der Waals surface area (Å²) in [7, 11) is -0.591. The number of methoxy groups -OCH3 is 2. The Hall–Kier alpha value is -3.44. The Kier molecular flexibility index (Phi) is 9.43. The first-order valence-corrected chi connectivity index (χ1v) is 13.3. The van der Waals surface area contributed by atoms with Crippen LogP contribution < -0.4 is 14.8 Å². The van der Waals surface area contributed by atoms with Gasteiger partial charge in [0.1, 0.15) is 11.5 Å². The zero-order valence-corrected chi connectivity index (χ0v) is 21.8. The number of hydrogen-bond acceptors (Lipinski definition) is 8. The van der Waals surface area contributed by atoms with E-state index in [1.54, 1.807) is 25.3 Å². The molecule has 0 fully saturated rings. The SMILES string of the molecule is CCCCN(CCCC)S(=O)(=O)c1ccc(C(=O)Nc2nnc(-c3ccc(OC)cc3OC)o2)cc1. The summed E-state index contributed by atoms with van der Waals surface area (Å²) >= 11 is 0. The number of nitrogens with one attached hydrogen (secondary N) is 1. The van der Waals surface area contributed by atoms with E-state index in [1.807, 2.05) is 13.8 Å². The van der Waals surface area contributed by atoms with Gasteiger partial charge in [-0.15, -0.1) is 5.10 Å². The molecule has 0 aliphatic rings. The van der Waals surface area contributed by atoms with Crippen molar-refractivity contribution in [2.45, 2.75) is 44.4 Å². The summed E-state index contributed by atoms with van der Waals surface area (Å²) in [5.74, 6) is 0.725. The summed E-state index contributed by atoms with van der Waals surface area (Å²) in [6, 6.07) is 10.8. The summed E-state index contributed by atoms with van der Waals surface area (Å²) in [5.41, 5.74) is 0.793. The van der Waals surface area contributed by atoms with Gasteiger partial charge in [-0.1, -0.05) is 31.8 Å². The monoisotopic (exact) mass is 516 g/mol. The maximum Gasteiger partial charge on any atom is 0.322 e. The van der Waals surface area contributed by atoms with E-state index in [2.05, 4.69) is 15.5 Å². The molecular formula is C25H32N4O6S. The third-order valence-electron chi connectivity index (χ3n) is 5.56. The molecule has 0 radical (unpaired) electrons. The second-order valence-corrected chi connectivity index (χ2v) is 10.0. The highest BCUT2D eigenvalue weighted by Crippen LogP contribution is 2.33. The van der Waals surface area contributed by atoms with Crippen LogP contribution in [0.3, 0.4) is 0 Å². The lowest BCUT2D eigenvalue weighted by molar-refractivity contribution is 0.102. The number of carbonyl (C=O) groups excluding carboxylic acids is 1. The minimum atomic E-state index is -3.65. The molecule has 0 unspecified atom stereocenters. The van der Waals surface area contributed by atoms with E-state index in [9.17, 15) is 13.2 Å². The van der Waals surface area contributed by atoms with Crippen LogP contribution in [0.4, 0.5) is 6.01 Å². The fourth-order valence-corrected chi connectivity index (χ4v) is 4.99. The third-order valence-corrected chi connectivity index (χ3v) is 7.47. The van der Waals surface area contributed by atoms with Gasteiger partial charge >= 0.3 is 6.01 Å². The maximum atomic E-state index is 13.1. The van der Waals surface area contributed by atoms with Crippen LogP contribution in [0.1, 0.15) is 49.9 Å². The van der Waals surface area contributed by atoms with Gasteiger partial charge in [0.05, 0.1) is 24.7 Å². The van der Waals surface area contributed by atoms with Gasteiger partial charge in [-0.3, -0.25) is 10.1 Å². The molecule has 0 saturated carbocycles. The zero-order chi connectivity index (χ0) is 26.1. The Morgan fingerprint density at radius 1 is 0.972 bits per heavy atom. The van der Waals surface area contributed by atoms with Gasteiger partial charge in [-0.25, -0.2) is 8.42 Å². The molecule has 3 rings (SSSR count). The van der Waals surface area contributed by atoms with E-state index in [4.69, 9.17) is 13.9 Å². The number of ether oxygens (including phenoxy) is 2. The Morgan fingerprint density at radius 3 is 2.22 bits per heavy atom. The number of benzene rings is 2. The molecule has 0 atom stereocenters. The van der Waals surface area contributed by atoms with Gasteiger partial charge in [-0.05, 0) is 49.2 Å². The van der Waals surface area contributed by atoms with Crippen molar-refractivity contribution in [3.63, 3.8) is 0 Å². The van der Waals surface area contributed by atoms with Crippen molar-refractivity contribution in [1.29, 1.82) is 0 Å². The summed E-state index contributed by atoms with van der Waals surface area (Å²) in [6.07, 6.45) is 3.38. The molecule has 1 aromatic heterocycles. The van der Waals surface area contributed by atoms with Crippen molar-refractivity contribution < 1.29 is 27.1 Å². The highest BCUT2D eigenvalue weighted by molar-refractivity contribution is 7.89. The summed E-state index contributed by atoms with van der Waals surface area (Å²) < 4.78 is 43.9. The number of rotatable bonds is 13. The van der Waals surface area contributed by atoms with Gasteiger partial charge in [0.2, 0.25) is 10.0 Å². The van der Waals surface area contributed by atoms with Gasteiger partial charge < -0.3 is 13.9 Å². The number of carbonyl (C=O) groups is 1. The van der Waals surface area contributed by atoms with E-state index in [-0.39, 0.29) is 22.4 Å². The molecule has 0 bridgehead atoms. The van der Waals surface area contributed by atoms with Gasteiger partial charge in [0.15, 0.2) is 0 Å². The second kappa shape index (κ2) is 12.5. The second-order valence-electron chi connectivity index (χ2n) is 8.07. The molecule has 0 aliphatic heterocycles. The molecule has 3 aromatic rings. The number of unbranched alkanes of at least 4 members (excludes halogenated alkanes) is 2. The molecule has 1 N–H and O–H groups in total. The number of aromatic nitrogens is 2. The molecular weight excluding hydrogens is 484 g/mol. The van der Waals surface area contributed by atoms with Crippen molar-refractivity contribution >= 4 is 21.9 Å². The molecule has 194 valence electrons. The van der Waals surface area contributed by atoms with E-state index in [0.717, 1.165) is 25.7 Å². The number of anilines is 1. The number of nitrogens with zero attached hydrogens (tertiary/aromatic N) is 3. The normalized spacial score (nSPS) is 11.5. The molecule has 36 heavy (non-hydrogen) atoms. The van der Waals surface area contributed by atoms with Crippen molar-refractivity contribution in [3.05, 3.63) is 48.0 Å². The maximum absolute atomic E-state index is 13.1. The molecule has 0 spiro atoms. The van der Waals surface area contributed by atoms with E-state index in [0.29, 0.717) is 30.2 Å². The highest BCUT2D eigenvalue weighted by atomic mass is 32.2. The predicted molar refractivity (Wildman–Crippen MR) is 136 cm³/mol. The predicted octanol–water partition coefficient (Wildman–Crippen LogP) is 4.60. The number of sulfonamides is 1. The van der Waals surface area contributed by atoms with E-state index >= 15 is 0 Å². The van der Waals surface area contributed by atoms with Crippen molar-refractivity contribution in [3.8, 4) is 23.0 Å². The third kappa shape index (κ3) is 6.41. The smallest absolute Gasteiger partial charge is 0.322 e. The minimum absolute atomic E-state index is 0.102. The molecule has 1 amide bonds. The summed E-state index contributed by atoms with van der Waals surface area (Å²) in [5, 5.41) is 10.4. The summed E-state index contributed by atoms with van der Waals surface area (Å²) in [4.78, 5) is 12.9. The lowest BCUT2D eigenvalue weighted by Crippen LogP contribution is -2.33. The minimum Gasteiger partial charge on any atom is -0.497 e. The van der Waals surface area contributed by atoms with Crippen molar-refractivity contribution in [2.75, 3.05) is 32.6 Å². The first-order valence-electron chi connectivity index (χ1n) is 11.8. The van der Waals surface area contributed by atoms with Gasteiger partial charge in [0.25, 0.3) is 11.8 Å². The van der Waals surface area contributed by atoms with Crippen LogP contribution in [0.15, 0.2) is 51.8 Å². The van der Waals surface area contributed by atoms with Crippen LogP contribution in [0.5, 0.6) is 11.5 Å². The molecule has 1 heterocycles. The Bertz CT molecular complexity index is 1250. The number of amides is 1. The largest absolute Gasteiger partial charge is 0.497 e. The Morgan fingerprint density at radius 2 is 1.64 bits per heavy atom. The van der Waals surface area contributed by atoms with Crippen molar-refractivity contribution in [2.24, 2.45) is 0 Å². The molecule has 10 nitrogen and oxygen atoms in total. The Balaban J connectivity index is 1.73. The van der Waals surface area contributed by atoms with Crippen LogP contribution in [-0.2, 0) is 10.0 Å². The topological polar surface area (TPSA) is 124 Å². The van der Waals surface area contributed by atoms with Crippen molar-refractivity contribution in [1.82, 2.24) is 14.5 Å². The number of hydrogen-bond donors (Lipinski definition) is 1. The van der Waals surface area contributed by atoms with E-state index < -0.39 is 15.9 Å². The lowest BCUT2D eigenvalue weighted by atomic mass is 10.2. The fourth-order valence-electron chi connectivity index (χ4n) is 3.48.